The fourth-order valence-corrected chi connectivity index (χ4v) is 0.901. The largest absolute Gasteiger partial charge is 0.403 e. The Morgan fingerprint density at radius 3 is 3.00 bits per heavy atom. The Morgan fingerprint density at radius 2 is 2.45 bits per heavy atom. The fraction of sp³-hybridized carbons (Fsp3) is 0.375. The van der Waals surface area contributed by atoms with Crippen LogP contribution in [0.2, 0.25) is 0 Å². The summed E-state index contributed by atoms with van der Waals surface area (Å²) in [5, 5.41) is 4.06. The van der Waals surface area contributed by atoms with Crippen molar-refractivity contribution in [1.29, 1.82) is 0 Å². The normalized spacial score (nSPS) is 9.82. The van der Waals surface area contributed by atoms with E-state index in [0.29, 0.717) is 0 Å². The summed E-state index contributed by atoms with van der Waals surface area (Å²) in [6.45, 7) is 4.54. The summed E-state index contributed by atoms with van der Waals surface area (Å²) in [5.41, 5.74) is 6.16. The van der Waals surface area contributed by atoms with E-state index >= 15 is 0 Å². The molecule has 0 spiro atoms. The van der Waals surface area contributed by atoms with Crippen molar-refractivity contribution in [2.24, 2.45) is 5.73 Å². The maximum atomic E-state index is 5.41. The first-order chi connectivity index (χ1) is 5.29. The molecule has 1 aromatic rings. The molecule has 0 atom stereocenters. The molecule has 0 aliphatic carbocycles. The van der Waals surface area contributed by atoms with Crippen LogP contribution in [0, 0.1) is 0 Å². The van der Waals surface area contributed by atoms with E-state index in [2.05, 4.69) is 11.7 Å². The first-order valence-corrected chi connectivity index (χ1v) is 3.70. The van der Waals surface area contributed by atoms with E-state index in [9.17, 15) is 0 Å². The highest BCUT2D eigenvalue weighted by atomic mass is 15.3. The van der Waals surface area contributed by atoms with E-state index in [1.165, 1.54) is 0 Å². The van der Waals surface area contributed by atoms with Crippen LogP contribution in [0.3, 0.4) is 0 Å². The second-order valence-corrected chi connectivity index (χ2v) is 2.53. The van der Waals surface area contributed by atoms with Crippen molar-refractivity contribution in [1.82, 2.24) is 9.78 Å². The summed E-state index contributed by atoms with van der Waals surface area (Å²) in [7, 11) is 0. The van der Waals surface area contributed by atoms with Gasteiger partial charge in [-0.1, -0.05) is 6.58 Å². The van der Waals surface area contributed by atoms with Gasteiger partial charge in [-0.25, -0.2) is 0 Å². The van der Waals surface area contributed by atoms with Gasteiger partial charge in [-0.05, 0) is 18.9 Å². The van der Waals surface area contributed by atoms with Crippen LogP contribution in [-0.2, 0) is 6.54 Å². The molecule has 1 aromatic heterocycles. The standard InChI is InChI=1S/C8H13N3/c1-8(9)4-2-6-11-7-3-5-10-11/h3,5,7H,1-2,4,6,9H2. The molecular weight excluding hydrogens is 138 g/mol. The summed E-state index contributed by atoms with van der Waals surface area (Å²) in [5.74, 6) is 0. The lowest BCUT2D eigenvalue weighted by molar-refractivity contribution is 0.577. The zero-order chi connectivity index (χ0) is 8.10. The number of aryl methyl sites for hydroxylation is 1. The highest BCUT2D eigenvalue weighted by Gasteiger charge is 1.90. The number of aromatic nitrogens is 2. The Kier molecular flexibility index (Phi) is 2.72. The number of allylic oxidation sites excluding steroid dienone is 1. The van der Waals surface area contributed by atoms with Gasteiger partial charge in [0.25, 0.3) is 0 Å². The maximum Gasteiger partial charge on any atom is 0.0489 e. The highest BCUT2D eigenvalue weighted by Crippen LogP contribution is 1.97. The maximum absolute atomic E-state index is 5.41. The molecule has 1 heterocycles. The Balaban J connectivity index is 2.19. The van der Waals surface area contributed by atoms with Crippen molar-refractivity contribution in [2.75, 3.05) is 0 Å². The molecule has 60 valence electrons. The average molecular weight is 151 g/mol. The van der Waals surface area contributed by atoms with Gasteiger partial charge < -0.3 is 5.73 Å². The number of hydrogen-bond donors (Lipinski definition) is 1. The number of hydrogen-bond acceptors (Lipinski definition) is 2. The second-order valence-electron chi connectivity index (χ2n) is 2.53. The molecule has 0 unspecified atom stereocenters. The van der Waals surface area contributed by atoms with Crippen molar-refractivity contribution in [2.45, 2.75) is 19.4 Å². The Bertz CT molecular complexity index is 213. The monoisotopic (exact) mass is 151 g/mol. The molecule has 2 N–H and O–H groups in total. The molecule has 0 aliphatic heterocycles. The summed E-state index contributed by atoms with van der Waals surface area (Å²) < 4.78 is 1.89. The first kappa shape index (κ1) is 7.85. The van der Waals surface area contributed by atoms with Crippen molar-refractivity contribution >= 4 is 0 Å². The van der Waals surface area contributed by atoms with Crippen LogP contribution >= 0.6 is 0 Å². The molecule has 11 heavy (non-hydrogen) atoms. The van der Waals surface area contributed by atoms with Crippen molar-refractivity contribution in [3.8, 4) is 0 Å². The zero-order valence-corrected chi connectivity index (χ0v) is 6.53. The molecule has 0 saturated carbocycles. The minimum atomic E-state index is 0.747. The van der Waals surface area contributed by atoms with E-state index in [0.717, 1.165) is 25.1 Å². The van der Waals surface area contributed by atoms with E-state index in [-0.39, 0.29) is 0 Å². The molecular formula is C8H13N3. The predicted molar refractivity (Wildman–Crippen MR) is 44.8 cm³/mol. The van der Waals surface area contributed by atoms with Crippen LogP contribution in [0.4, 0.5) is 0 Å². The molecule has 3 heteroatoms. The Hall–Kier alpha value is -1.25. The zero-order valence-electron chi connectivity index (χ0n) is 6.53. The molecule has 0 fully saturated rings. The van der Waals surface area contributed by atoms with Crippen molar-refractivity contribution in [3.05, 3.63) is 30.7 Å². The molecule has 1 rings (SSSR count). The molecule has 0 aliphatic rings. The van der Waals surface area contributed by atoms with Gasteiger partial charge in [0, 0.05) is 24.6 Å². The number of nitrogens with zero attached hydrogens (tertiary/aromatic N) is 2. The third-order valence-corrected chi connectivity index (χ3v) is 1.44. The van der Waals surface area contributed by atoms with Gasteiger partial charge in [0.05, 0.1) is 0 Å². The molecule has 0 bridgehead atoms. The lowest BCUT2D eigenvalue weighted by Gasteiger charge is -1.99. The third kappa shape index (κ3) is 2.89. The van der Waals surface area contributed by atoms with Gasteiger partial charge in [0.2, 0.25) is 0 Å². The van der Waals surface area contributed by atoms with Gasteiger partial charge in [-0.15, -0.1) is 0 Å². The quantitative estimate of drug-likeness (QED) is 0.701. The molecule has 0 aromatic carbocycles. The lowest BCUT2D eigenvalue weighted by Crippen LogP contribution is -2.01. The minimum absolute atomic E-state index is 0.747. The summed E-state index contributed by atoms with van der Waals surface area (Å²) in [6.07, 6.45) is 5.60. The SMILES string of the molecule is C=C(N)CCCn1cccn1. The van der Waals surface area contributed by atoms with E-state index < -0.39 is 0 Å². The lowest BCUT2D eigenvalue weighted by atomic mass is 10.2. The average Bonchev–Trinajstić information content (AvgIpc) is 2.39. The van der Waals surface area contributed by atoms with Gasteiger partial charge in [0.15, 0.2) is 0 Å². The number of rotatable bonds is 4. The molecule has 0 radical (unpaired) electrons. The minimum Gasteiger partial charge on any atom is -0.403 e. The summed E-state index contributed by atoms with van der Waals surface area (Å²) in [6, 6.07) is 1.91. The fourth-order valence-electron chi connectivity index (χ4n) is 0.901. The third-order valence-electron chi connectivity index (χ3n) is 1.44. The summed E-state index contributed by atoms with van der Waals surface area (Å²) >= 11 is 0. The van der Waals surface area contributed by atoms with E-state index in [4.69, 9.17) is 5.73 Å². The van der Waals surface area contributed by atoms with Crippen LogP contribution in [0.15, 0.2) is 30.7 Å². The van der Waals surface area contributed by atoms with Crippen LogP contribution in [0.1, 0.15) is 12.8 Å². The van der Waals surface area contributed by atoms with Crippen LogP contribution in [0.5, 0.6) is 0 Å². The smallest absolute Gasteiger partial charge is 0.0489 e. The predicted octanol–water partition coefficient (Wildman–Crippen LogP) is 1.14. The van der Waals surface area contributed by atoms with Crippen LogP contribution in [-0.4, -0.2) is 9.78 Å². The van der Waals surface area contributed by atoms with Gasteiger partial charge >= 0.3 is 0 Å². The van der Waals surface area contributed by atoms with Crippen molar-refractivity contribution in [3.63, 3.8) is 0 Å². The van der Waals surface area contributed by atoms with Gasteiger partial charge in [-0.2, -0.15) is 5.10 Å². The Morgan fingerprint density at radius 1 is 1.64 bits per heavy atom. The van der Waals surface area contributed by atoms with Crippen LogP contribution < -0.4 is 5.73 Å². The number of nitrogens with two attached hydrogens (primary N) is 1. The van der Waals surface area contributed by atoms with Gasteiger partial charge in [0.1, 0.15) is 0 Å². The van der Waals surface area contributed by atoms with Crippen LogP contribution in [0.25, 0.3) is 0 Å². The highest BCUT2D eigenvalue weighted by molar-refractivity contribution is 4.85. The Labute approximate surface area is 66.5 Å². The first-order valence-electron chi connectivity index (χ1n) is 3.70. The van der Waals surface area contributed by atoms with Crippen molar-refractivity contribution < 1.29 is 0 Å². The molecule has 0 saturated heterocycles. The second kappa shape index (κ2) is 3.81. The molecule has 3 nitrogen and oxygen atoms in total. The summed E-state index contributed by atoms with van der Waals surface area (Å²) in [4.78, 5) is 0. The van der Waals surface area contributed by atoms with E-state index in [1.54, 1.807) is 6.20 Å². The topological polar surface area (TPSA) is 43.8 Å². The molecule has 0 amide bonds. The van der Waals surface area contributed by atoms with Gasteiger partial charge in [-0.3, -0.25) is 4.68 Å². The van der Waals surface area contributed by atoms with E-state index in [1.807, 2.05) is 16.9 Å².